The summed E-state index contributed by atoms with van der Waals surface area (Å²) >= 11 is 0. The molecule has 1 aromatic carbocycles. The highest BCUT2D eigenvalue weighted by Gasteiger charge is 2.20. The van der Waals surface area contributed by atoms with Crippen LogP contribution in [0.3, 0.4) is 0 Å². The Morgan fingerprint density at radius 2 is 1.73 bits per heavy atom. The molecule has 0 aromatic heterocycles. The van der Waals surface area contributed by atoms with Gasteiger partial charge in [-0.15, -0.1) is 0 Å². The van der Waals surface area contributed by atoms with E-state index in [9.17, 15) is 0 Å². The average Bonchev–Trinajstić information content (AvgIpc) is 2.17. The summed E-state index contributed by atoms with van der Waals surface area (Å²) in [6.45, 7) is 8.62. The van der Waals surface area contributed by atoms with Gasteiger partial charge in [-0.2, -0.15) is 5.26 Å². The Morgan fingerprint density at radius 3 is 2.13 bits per heavy atom. The van der Waals surface area contributed by atoms with E-state index in [4.69, 9.17) is 5.26 Å². The first kappa shape index (κ1) is 11.6. The van der Waals surface area contributed by atoms with Crippen LogP contribution in [-0.4, -0.2) is 6.04 Å². The standard InChI is InChI=1S/C13H17N2/c1-10(13(2,3)4)15-12-7-5-11(9-14)6-8-12/h5-8,10H,1-4H3. The van der Waals surface area contributed by atoms with Gasteiger partial charge >= 0.3 is 0 Å². The van der Waals surface area contributed by atoms with E-state index in [0.717, 1.165) is 5.69 Å². The van der Waals surface area contributed by atoms with Gasteiger partial charge in [0.15, 0.2) is 0 Å². The van der Waals surface area contributed by atoms with E-state index >= 15 is 0 Å². The maximum atomic E-state index is 8.66. The zero-order valence-electron chi connectivity index (χ0n) is 9.78. The maximum absolute atomic E-state index is 8.66. The van der Waals surface area contributed by atoms with Gasteiger partial charge in [0, 0.05) is 0 Å². The molecule has 2 heteroatoms. The second-order valence-electron chi connectivity index (χ2n) is 4.83. The van der Waals surface area contributed by atoms with Crippen LogP contribution in [-0.2, 0) is 0 Å². The Morgan fingerprint density at radius 1 is 1.20 bits per heavy atom. The predicted molar refractivity (Wildman–Crippen MR) is 61.9 cm³/mol. The lowest BCUT2D eigenvalue weighted by molar-refractivity contribution is 0.307. The summed E-state index contributed by atoms with van der Waals surface area (Å²) in [5.41, 5.74) is 1.79. The lowest BCUT2D eigenvalue weighted by Crippen LogP contribution is -2.30. The van der Waals surface area contributed by atoms with Crippen LogP contribution in [0.2, 0.25) is 0 Å². The van der Waals surface area contributed by atoms with Gasteiger partial charge in [0.25, 0.3) is 0 Å². The Labute approximate surface area is 91.9 Å². The molecule has 0 N–H and O–H groups in total. The minimum atomic E-state index is 0.175. The topological polar surface area (TPSA) is 37.9 Å². The van der Waals surface area contributed by atoms with E-state index in [1.165, 1.54) is 0 Å². The Balaban J connectivity index is 2.70. The normalized spacial score (nSPS) is 13.0. The Bertz CT molecular complexity index is 352. The molecule has 1 unspecified atom stereocenters. The molecule has 0 saturated carbocycles. The highest BCUT2D eigenvalue weighted by Crippen LogP contribution is 2.23. The van der Waals surface area contributed by atoms with E-state index in [1.807, 2.05) is 12.1 Å². The highest BCUT2D eigenvalue weighted by molar-refractivity contribution is 5.42. The molecule has 0 saturated heterocycles. The van der Waals surface area contributed by atoms with Crippen molar-refractivity contribution in [2.75, 3.05) is 0 Å². The lowest BCUT2D eigenvalue weighted by atomic mass is 9.88. The number of rotatable bonds is 2. The summed E-state index contributed by atoms with van der Waals surface area (Å²) in [4.78, 5) is 0. The van der Waals surface area contributed by atoms with E-state index in [-0.39, 0.29) is 11.5 Å². The number of nitriles is 1. The molecule has 2 nitrogen and oxygen atoms in total. The zero-order chi connectivity index (χ0) is 11.5. The SMILES string of the molecule is CC([N]c1ccc(C#N)cc1)C(C)(C)C. The third kappa shape index (κ3) is 3.28. The van der Waals surface area contributed by atoms with Gasteiger partial charge in [-0.1, -0.05) is 20.8 Å². The van der Waals surface area contributed by atoms with Crippen LogP contribution in [0.4, 0.5) is 5.69 Å². The van der Waals surface area contributed by atoms with Crippen molar-refractivity contribution < 1.29 is 0 Å². The second kappa shape index (κ2) is 4.35. The minimum Gasteiger partial charge on any atom is -0.282 e. The van der Waals surface area contributed by atoms with Crippen molar-refractivity contribution in [2.24, 2.45) is 5.41 Å². The molecular formula is C13H17N2. The van der Waals surface area contributed by atoms with Gasteiger partial charge in [-0.3, -0.25) is 5.32 Å². The molecule has 0 heterocycles. The van der Waals surface area contributed by atoms with E-state index < -0.39 is 0 Å². The average molecular weight is 201 g/mol. The van der Waals surface area contributed by atoms with Crippen LogP contribution in [0.25, 0.3) is 0 Å². The van der Waals surface area contributed by atoms with E-state index in [2.05, 4.69) is 39.1 Å². The number of hydrogen-bond donors (Lipinski definition) is 0. The molecule has 0 aliphatic carbocycles. The minimum absolute atomic E-state index is 0.175. The molecule has 1 atom stereocenters. The fraction of sp³-hybridized carbons (Fsp3) is 0.462. The van der Waals surface area contributed by atoms with Crippen molar-refractivity contribution in [3.63, 3.8) is 0 Å². The Kier molecular flexibility index (Phi) is 3.36. The van der Waals surface area contributed by atoms with Crippen LogP contribution >= 0.6 is 0 Å². The molecule has 0 spiro atoms. The van der Waals surface area contributed by atoms with Crippen LogP contribution < -0.4 is 5.32 Å². The number of hydrogen-bond acceptors (Lipinski definition) is 1. The maximum Gasteiger partial charge on any atom is 0.0991 e. The molecule has 0 aliphatic heterocycles. The molecular weight excluding hydrogens is 184 g/mol. The molecule has 1 radical (unpaired) electrons. The predicted octanol–water partition coefficient (Wildman–Crippen LogP) is 3.23. The molecule has 0 bridgehead atoms. The molecule has 0 aliphatic rings. The summed E-state index contributed by atoms with van der Waals surface area (Å²) in [5, 5.41) is 13.3. The van der Waals surface area contributed by atoms with Gasteiger partial charge in [0.2, 0.25) is 0 Å². The van der Waals surface area contributed by atoms with Crippen molar-refractivity contribution in [2.45, 2.75) is 33.7 Å². The monoisotopic (exact) mass is 201 g/mol. The first-order valence-corrected chi connectivity index (χ1v) is 5.14. The highest BCUT2D eigenvalue weighted by atomic mass is 14.9. The van der Waals surface area contributed by atoms with Crippen molar-refractivity contribution in [3.05, 3.63) is 29.8 Å². The third-order valence-electron chi connectivity index (χ3n) is 2.59. The van der Waals surface area contributed by atoms with Gasteiger partial charge in [0.1, 0.15) is 0 Å². The summed E-state index contributed by atoms with van der Waals surface area (Å²) in [7, 11) is 0. The Hall–Kier alpha value is -1.49. The van der Waals surface area contributed by atoms with E-state index in [1.54, 1.807) is 12.1 Å². The summed E-state index contributed by atoms with van der Waals surface area (Å²) in [6.07, 6.45) is 0. The first-order valence-electron chi connectivity index (χ1n) is 5.14. The van der Waals surface area contributed by atoms with Crippen LogP contribution in [0.1, 0.15) is 33.3 Å². The first-order chi connectivity index (χ1) is 6.93. The van der Waals surface area contributed by atoms with Gasteiger partial charge < -0.3 is 0 Å². The largest absolute Gasteiger partial charge is 0.282 e. The van der Waals surface area contributed by atoms with Crippen LogP contribution in [0.5, 0.6) is 0 Å². The second-order valence-corrected chi connectivity index (χ2v) is 4.83. The summed E-state index contributed by atoms with van der Waals surface area (Å²) < 4.78 is 0. The molecule has 0 amide bonds. The third-order valence-corrected chi connectivity index (χ3v) is 2.59. The molecule has 15 heavy (non-hydrogen) atoms. The van der Waals surface area contributed by atoms with Crippen molar-refractivity contribution in [3.8, 4) is 6.07 Å². The van der Waals surface area contributed by atoms with E-state index in [0.29, 0.717) is 5.56 Å². The molecule has 1 rings (SSSR count). The molecule has 79 valence electrons. The number of nitrogens with zero attached hydrogens (tertiary/aromatic N) is 2. The van der Waals surface area contributed by atoms with Crippen LogP contribution in [0, 0.1) is 16.7 Å². The van der Waals surface area contributed by atoms with Crippen molar-refractivity contribution in [1.82, 2.24) is 5.32 Å². The molecule has 0 fully saturated rings. The molecule has 1 aromatic rings. The summed E-state index contributed by atoms with van der Waals surface area (Å²) in [6, 6.07) is 9.74. The van der Waals surface area contributed by atoms with Crippen LogP contribution in [0.15, 0.2) is 24.3 Å². The van der Waals surface area contributed by atoms with Crippen molar-refractivity contribution in [1.29, 1.82) is 5.26 Å². The lowest BCUT2D eigenvalue weighted by Gasteiger charge is -2.26. The zero-order valence-corrected chi connectivity index (χ0v) is 9.78. The number of benzene rings is 1. The summed E-state index contributed by atoms with van der Waals surface area (Å²) in [5.74, 6) is 0. The van der Waals surface area contributed by atoms with Gasteiger partial charge in [-0.25, -0.2) is 0 Å². The fourth-order valence-electron chi connectivity index (χ4n) is 1.04. The van der Waals surface area contributed by atoms with Gasteiger partial charge in [-0.05, 0) is 36.6 Å². The van der Waals surface area contributed by atoms with Gasteiger partial charge in [0.05, 0.1) is 23.4 Å². The van der Waals surface area contributed by atoms with Crippen molar-refractivity contribution >= 4 is 5.69 Å². The quantitative estimate of drug-likeness (QED) is 0.723. The fourth-order valence-corrected chi connectivity index (χ4v) is 1.04. The smallest absolute Gasteiger partial charge is 0.0991 e.